The third-order valence-electron chi connectivity index (χ3n) is 5.87. The van der Waals surface area contributed by atoms with Crippen molar-refractivity contribution in [2.45, 2.75) is 19.6 Å². The van der Waals surface area contributed by atoms with Crippen molar-refractivity contribution >= 4 is 6.08 Å². The van der Waals surface area contributed by atoms with Crippen molar-refractivity contribution in [1.29, 1.82) is 0 Å². The molecule has 1 aliphatic heterocycles. The summed E-state index contributed by atoms with van der Waals surface area (Å²) in [6.45, 7) is 7.03. The van der Waals surface area contributed by atoms with E-state index in [9.17, 15) is 5.11 Å². The second kappa shape index (κ2) is 10.6. The SMILES string of the molecule is C[C@H](O)c1nccn1C/C=C/c1ccc(-c2ccc(OCCN3CC(CN)C3)cc2)cc1. The average molecular weight is 433 g/mol. The summed E-state index contributed by atoms with van der Waals surface area (Å²) in [6.07, 6.45) is 7.18. The molecule has 0 saturated carbocycles. The molecule has 32 heavy (non-hydrogen) atoms. The van der Waals surface area contributed by atoms with Crippen molar-refractivity contribution in [3.63, 3.8) is 0 Å². The highest BCUT2D eigenvalue weighted by Crippen LogP contribution is 2.23. The Morgan fingerprint density at radius 2 is 1.81 bits per heavy atom. The lowest BCUT2D eigenvalue weighted by molar-refractivity contribution is 0.0875. The van der Waals surface area contributed by atoms with Crippen molar-refractivity contribution in [2.75, 3.05) is 32.8 Å². The summed E-state index contributed by atoms with van der Waals surface area (Å²) in [4.78, 5) is 6.57. The predicted octanol–water partition coefficient (Wildman–Crippen LogP) is 3.59. The number of likely N-dealkylation sites (tertiary alicyclic amines) is 1. The Morgan fingerprint density at radius 1 is 1.12 bits per heavy atom. The van der Waals surface area contributed by atoms with Crippen LogP contribution in [0.5, 0.6) is 5.75 Å². The van der Waals surface area contributed by atoms with Gasteiger partial charge in [0.1, 0.15) is 24.3 Å². The zero-order valence-corrected chi connectivity index (χ0v) is 18.6. The van der Waals surface area contributed by atoms with E-state index in [0.717, 1.165) is 37.5 Å². The van der Waals surface area contributed by atoms with Crippen LogP contribution < -0.4 is 10.5 Å². The summed E-state index contributed by atoms with van der Waals surface area (Å²) in [5, 5.41) is 9.74. The molecule has 2 heterocycles. The van der Waals surface area contributed by atoms with Crippen LogP contribution in [0.2, 0.25) is 0 Å². The second-order valence-electron chi connectivity index (χ2n) is 8.37. The molecule has 1 fully saturated rings. The zero-order valence-electron chi connectivity index (χ0n) is 18.6. The average Bonchev–Trinajstić information content (AvgIpc) is 3.25. The van der Waals surface area contributed by atoms with E-state index in [0.29, 0.717) is 24.9 Å². The molecule has 1 atom stereocenters. The highest BCUT2D eigenvalue weighted by molar-refractivity contribution is 5.66. The number of benzene rings is 2. The molecule has 0 bridgehead atoms. The highest BCUT2D eigenvalue weighted by atomic mass is 16.5. The summed E-state index contributed by atoms with van der Waals surface area (Å²) >= 11 is 0. The third-order valence-corrected chi connectivity index (χ3v) is 5.87. The Kier molecular flexibility index (Phi) is 7.37. The maximum absolute atomic E-state index is 9.74. The van der Waals surface area contributed by atoms with Gasteiger partial charge in [-0.3, -0.25) is 4.90 Å². The van der Waals surface area contributed by atoms with Gasteiger partial charge in [0.05, 0.1) is 0 Å². The van der Waals surface area contributed by atoms with Gasteiger partial charge in [0.2, 0.25) is 0 Å². The van der Waals surface area contributed by atoms with Gasteiger partial charge in [0.15, 0.2) is 0 Å². The van der Waals surface area contributed by atoms with Gasteiger partial charge in [-0.25, -0.2) is 4.98 Å². The molecule has 3 aromatic rings. The summed E-state index contributed by atoms with van der Waals surface area (Å²) in [5.74, 6) is 2.24. The van der Waals surface area contributed by atoms with E-state index >= 15 is 0 Å². The van der Waals surface area contributed by atoms with Crippen LogP contribution in [0.1, 0.15) is 24.4 Å². The molecule has 6 heteroatoms. The van der Waals surface area contributed by atoms with Crippen molar-refractivity contribution < 1.29 is 9.84 Å². The minimum Gasteiger partial charge on any atom is -0.492 e. The molecule has 1 saturated heterocycles. The lowest BCUT2D eigenvalue weighted by Gasteiger charge is -2.38. The number of nitrogens with two attached hydrogens (primary N) is 1. The largest absolute Gasteiger partial charge is 0.492 e. The molecule has 6 nitrogen and oxygen atoms in total. The fourth-order valence-electron chi connectivity index (χ4n) is 3.98. The topological polar surface area (TPSA) is 76.5 Å². The lowest BCUT2D eigenvalue weighted by Crippen LogP contribution is -2.50. The molecule has 3 N–H and O–H groups in total. The first-order valence-electron chi connectivity index (χ1n) is 11.2. The Bertz CT molecular complexity index is 1000. The molecule has 0 amide bonds. The maximum Gasteiger partial charge on any atom is 0.137 e. The number of hydrogen-bond donors (Lipinski definition) is 2. The number of nitrogens with zero attached hydrogens (tertiary/aromatic N) is 3. The van der Waals surface area contributed by atoms with Gasteiger partial charge in [-0.2, -0.15) is 0 Å². The van der Waals surface area contributed by atoms with Crippen LogP contribution in [0.3, 0.4) is 0 Å². The molecule has 1 aromatic heterocycles. The molecule has 1 aliphatic rings. The summed E-state index contributed by atoms with van der Waals surface area (Å²) in [5.41, 5.74) is 9.14. The minimum absolute atomic E-state index is 0.570. The molecular formula is C26H32N4O2. The van der Waals surface area contributed by atoms with Gasteiger partial charge in [0.25, 0.3) is 0 Å². The van der Waals surface area contributed by atoms with Gasteiger partial charge < -0.3 is 20.1 Å². The number of aliphatic hydroxyl groups excluding tert-OH is 1. The summed E-state index contributed by atoms with van der Waals surface area (Å²) < 4.78 is 7.83. The second-order valence-corrected chi connectivity index (χ2v) is 8.37. The fourth-order valence-corrected chi connectivity index (χ4v) is 3.98. The first-order valence-corrected chi connectivity index (χ1v) is 11.2. The maximum atomic E-state index is 9.74. The van der Waals surface area contributed by atoms with Crippen LogP contribution in [-0.4, -0.2) is 52.3 Å². The van der Waals surface area contributed by atoms with Crippen LogP contribution in [0.15, 0.2) is 67.0 Å². The number of ether oxygens (including phenoxy) is 1. The van der Waals surface area contributed by atoms with Crippen LogP contribution in [0, 0.1) is 5.92 Å². The molecular weight excluding hydrogens is 400 g/mol. The number of imidazole rings is 1. The van der Waals surface area contributed by atoms with E-state index in [1.807, 2.05) is 22.9 Å². The number of allylic oxidation sites excluding steroid dienone is 1. The molecule has 0 aliphatic carbocycles. The third kappa shape index (κ3) is 5.65. The monoisotopic (exact) mass is 432 g/mol. The van der Waals surface area contributed by atoms with E-state index < -0.39 is 6.10 Å². The molecule has 0 radical (unpaired) electrons. The molecule has 0 unspecified atom stereocenters. The van der Waals surface area contributed by atoms with E-state index in [-0.39, 0.29) is 0 Å². The zero-order chi connectivity index (χ0) is 22.3. The van der Waals surface area contributed by atoms with Gasteiger partial charge in [-0.15, -0.1) is 0 Å². The first kappa shape index (κ1) is 22.3. The molecule has 2 aromatic carbocycles. The van der Waals surface area contributed by atoms with E-state index in [2.05, 4.69) is 58.4 Å². The lowest BCUT2D eigenvalue weighted by atomic mass is 10.0. The van der Waals surface area contributed by atoms with Gasteiger partial charge in [-0.1, -0.05) is 48.6 Å². The Balaban J connectivity index is 1.26. The standard InChI is InChI=1S/C26H32N4O2/c1-20(31)26-28-12-14-30(26)13-2-3-21-4-6-23(7-5-21)24-8-10-25(11-9-24)32-16-15-29-18-22(17-27)19-29/h2-12,14,20,22,31H,13,15-19,27H2,1H3/b3-2+/t20-/m0/s1. The van der Waals surface area contributed by atoms with Crippen LogP contribution in [0.25, 0.3) is 17.2 Å². The van der Waals surface area contributed by atoms with Crippen LogP contribution in [-0.2, 0) is 6.54 Å². The summed E-state index contributed by atoms with van der Waals surface area (Å²) in [7, 11) is 0. The number of rotatable bonds is 10. The molecule has 4 rings (SSSR count). The Morgan fingerprint density at radius 3 is 2.47 bits per heavy atom. The highest BCUT2D eigenvalue weighted by Gasteiger charge is 2.24. The van der Waals surface area contributed by atoms with Crippen molar-refractivity contribution in [1.82, 2.24) is 14.5 Å². The van der Waals surface area contributed by atoms with Gasteiger partial charge in [-0.05, 0) is 48.2 Å². The summed E-state index contributed by atoms with van der Waals surface area (Å²) in [6, 6.07) is 16.8. The number of hydrogen-bond acceptors (Lipinski definition) is 5. The van der Waals surface area contributed by atoms with Crippen molar-refractivity contribution in [2.24, 2.45) is 11.7 Å². The number of aromatic nitrogens is 2. The number of aliphatic hydroxyl groups is 1. The van der Waals surface area contributed by atoms with Gasteiger partial charge in [0, 0.05) is 38.6 Å². The van der Waals surface area contributed by atoms with Crippen LogP contribution >= 0.6 is 0 Å². The van der Waals surface area contributed by atoms with E-state index in [1.54, 1.807) is 13.1 Å². The van der Waals surface area contributed by atoms with Gasteiger partial charge >= 0.3 is 0 Å². The predicted molar refractivity (Wildman–Crippen MR) is 128 cm³/mol. The molecule has 0 spiro atoms. The van der Waals surface area contributed by atoms with E-state index in [4.69, 9.17) is 10.5 Å². The van der Waals surface area contributed by atoms with Crippen LogP contribution in [0.4, 0.5) is 0 Å². The Labute approximate surface area is 190 Å². The smallest absolute Gasteiger partial charge is 0.137 e. The fraction of sp³-hybridized carbons (Fsp3) is 0.346. The van der Waals surface area contributed by atoms with Crippen molar-refractivity contribution in [3.05, 3.63) is 78.4 Å². The normalized spacial score (nSPS) is 15.7. The molecule has 168 valence electrons. The quantitative estimate of drug-likeness (QED) is 0.512. The van der Waals surface area contributed by atoms with Crippen molar-refractivity contribution in [3.8, 4) is 16.9 Å². The van der Waals surface area contributed by atoms with E-state index in [1.165, 1.54) is 11.1 Å². The Hall–Kier alpha value is -2.93. The first-order chi connectivity index (χ1) is 15.6. The minimum atomic E-state index is -0.570.